The molecule has 2 N–H and O–H groups in total. The molecule has 0 bridgehead atoms. The zero-order chi connectivity index (χ0) is 24.7. The minimum atomic E-state index is -1.24. The quantitative estimate of drug-likeness (QED) is 0.354. The van der Waals surface area contributed by atoms with Crippen LogP contribution in [0.3, 0.4) is 0 Å². The van der Waals surface area contributed by atoms with E-state index < -0.39 is 11.8 Å². The highest BCUT2D eigenvalue weighted by Crippen LogP contribution is 2.29. The molecule has 0 atom stereocenters. The molecular formula is C23H17ClFN7O3. The van der Waals surface area contributed by atoms with E-state index in [9.17, 15) is 14.3 Å². The summed E-state index contributed by atoms with van der Waals surface area (Å²) in [6, 6.07) is 10.8. The van der Waals surface area contributed by atoms with Gasteiger partial charge in [0.05, 0.1) is 35.5 Å². The van der Waals surface area contributed by atoms with E-state index >= 15 is 0 Å². The zero-order valence-electron chi connectivity index (χ0n) is 18.4. The number of hydrogen-bond donors (Lipinski definition) is 2. The first-order valence-electron chi connectivity index (χ1n) is 10.2. The lowest BCUT2D eigenvalue weighted by atomic mass is 10.1. The Balaban J connectivity index is 1.55. The summed E-state index contributed by atoms with van der Waals surface area (Å²) in [5, 5.41) is 16.9. The second-order valence-electron chi connectivity index (χ2n) is 7.54. The number of imidazole rings is 1. The van der Waals surface area contributed by atoms with Crippen molar-refractivity contribution < 1.29 is 19.0 Å². The maximum Gasteiger partial charge on any atom is 0.354 e. The summed E-state index contributed by atoms with van der Waals surface area (Å²) in [5.41, 5.74) is 2.83. The van der Waals surface area contributed by atoms with Crippen LogP contribution in [0.1, 0.15) is 16.2 Å². The van der Waals surface area contributed by atoms with Crippen LogP contribution in [0.5, 0.6) is 5.75 Å². The monoisotopic (exact) mass is 493 g/mol. The number of nitrogens with one attached hydrogen (secondary N) is 1. The van der Waals surface area contributed by atoms with Crippen molar-refractivity contribution in [1.82, 2.24) is 29.1 Å². The first-order valence-corrected chi connectivity index (χ1v) is 10.6. The Morgan fingerprint density at radius 1 is 1.17 bits per heavy atom. The van der Waals surface area contributed by atoms with E-state index in [1.54, 1.807) is 19.5 Å². The summed E-state index contributed by atoms with van der Waals surface area (Å²) in [6.07, 6.45) is 3.57. The molecule has 0 saturated carbocycles. The van der Waals surface area contributed by atoms with Crippen LogP contribution in [0.4, 0.5) is 16.0 Å². The Labute approximate surface area is 202 Å². The fourth-order valence-electron chi connectivity index (χ4n) is 3.54. The number of carboxylic acids is 1. The van der Waals surface area contributed by atoms with E-state index in [0.29, 0.717) is 22.7 Å². The first-order chi connectivity index (χ1) is 16.8. The van der Waals surface area contributed by atoms with Gasteiger partial charge in [0, 0.05) is 23.5 Å². The van der Waals surface area contributed by atoms with Crippen molar-refractivity contribution in [2.24, 2.45) is 0 Å². The van der Waals surface area contributed by atoms with Crippen LogP contribution in [0.25, 0.3) is 22.7 Å². The molecule has 0 aliphatic heterocycles. The van der Waals surface area contributed by atoms with Crippen LogP contribution < -0.4 is 10.1 Å². The maximum absolute atomic E-state index is 13.7. The molecule has 3 heterocycles. The highest BCUT2D eigenvalue weighted by atomic mass is 35.5. The molecule has 0 amide bonds. The van der Waals surface area contributed by atoms with E-state index in [2.05, 4.69) is 25.4 Å². The molecular weight excluding hydrogens is 477 g/mol. The number of aryl methyl sites for hydroxylation is 1. The van der Waals surface area contributed by atoms with Gasteiger partial charge in [-0.05, 0) is 43.3 Å². The van der Waals surface area contributed by atoms with Gasteiger partial charge in [0.1, 0.15) is 11.6 Å². The Bertz CT molecular complexity index is 1600. The van der Waals surface area contributed by atoms with Crippen molar-refractivity contribution in [3.8, 4) is 22.7 Å². The fourth-order valence-corrected chi connectivity index (χ4v) is 3.72. The second kappa shape index (κ2) is 8.69. The molecule has 0 spiro atoms. The van der Waals surface area contributed by atoms with Crippen LogP contribution in [0.15, 0.2) is 55.0 Å². The van der Waals surface area contributed by atoms with Crippen molar-refractivity contribution in [3.63, 3.8) is 0 Å². The van der Waals surface area contributed by atoms with Crippen LogP contribution in [0, 0.1) is 12.7 Å². The van der Waals surface area contributed by atoms with Gasteiger partial charge in [-0.3, -0.25) is 0 Å². The van der Waals surface area contributed by atoms with Gasteiger partial charge in [-0.1, -0.05) is 11.6 Å². The van der Waals surface area contributed by atoms with Crippen LogP contribution in [-0.4, -0.2) is 47.3 Å². The number of benzene rings is 2. The molecule has 0 unspecified atom stereocenters. The molecule has 35 heavy (non-hydrogen) atoms. The van der Waals surface area contributed by atoms with Crippen molar-refractivity contribution in [2.45, 2.75) is 6.92 Å². The number of carboxylic acid groups (broad SMARTS) is 1. The second-order valence-corrected chi connectivity index (χ2v) is 7.95. The van der Waals surface area contributed by atoms with Gasteiger partial charge in [-0.2, -0.15) is 9.50 Å². The lowest BCUT2D eigenvalue weighted by Crippen LogP contribution is -2.06. The average Bonchev–Trinajstić information content (AvgIpc) is 3.45. The third-order valence-electron chi connectivity index (χ3n) is 5.17. The van der Waals surface area contributed by atoms with E-state index in [-0.39, 0.29) is 22.4 Å². The number of ether oxygens (including phenoxy) is 1. The van der Waals surface area contributed by atoms with Gasteiger partial charge < -0.3 is 19.7 Å². The molecule has 0 radical (unpaired) electrons. The number of rotatable bonds is 6. The van der Waals surface area contributed by atoms with E-state index in [0.717, 1.165) is 11.4 Å². The number of anilines is 2. The Hall–Kier alpha value is -4.51. The molecule has 3 aromatic heterocycles. The Kier molecular flexibility index (Phi) is 5.53. The zero-order valence-corrected chi connectivity index (χ0v) is 19.2. The molecule has 2 aromatic carbocycles. The smallest absolute Gasteiger partial charge is 0.354 e. The Morgan fingerprint density at radius 2 is 2.00 bits per heavy atom. The molecule has 5 rings (SSSR count). The topological polar surface area (TPSA) is 119 Å². The average molecular weight is 494 g/mol. The molecule has 176 valence electrons. The molecule has 5 aromatic rings. The summed E-state index contributed by atoms with van der Waals surface area (Å²) in [7, 11) is 1.56. The van der Waals surface area contributed by atoms with Gasteiger partial charge in [-0.25, -0.2) is 19.2 Å². The number of aromatic carboxylic acids is 1. The van der Waals surface area contributed by atoms with Crippen LogP contribution in [-0.2, 0) is 0 Å². The minimum Gasteiger partial charge on any atom is -0.494 e. The van der Waals surface area contributed by atoms with Crippen molar-refractivity contribution in [1.29, 1.82) is 0 Å². The van der Waals surface area contributed by atoms with Crippen molar-refractivity contribution >= 4 is 35.0 Å². The largest absolute Gasteiger partial charge is 0.494 e. The molecule has 0 aliphatic carbocycles. The third kappa shape index (κ3) is 4.24. The number of hydrogen-bond acceptors (Lipinski definition) is 7. The van der Waals surface area contributed by atoms with Gasteiger partial charge >= 0.3 is 5.97 Å². The lowest BCUT2D eigenvalue weighted by molar-refractivity contribution is 0.0690. The Morgan fingerprint density at radius 3 is 2.69 bits per heavy atom. The van der Waals surface area contributed by atoms with Gasteiger partial charge in [0.15, 0.2) is 5.69 Å². The number of aromatic nitrogens is 6. The van der Waals surface area contributed by atoms with Gasteiger partial charge in [0.2, 0.25) is 5.95 Å². The van der Waals surface area contributed by atoms with Crippen LogP contribution >= 0.6 is 11.6 Å². The van der Waals surface area contributed by atoms with Crippen molar-refractivity contribution in [2.75, 3.05) is 12.4 Å². The van der Waals surface area contributed by atoms with E-state index in [1.165, 1.54) is 28.8 Å². The number of carbonyl (C=O) groups is 1. The molecule has 0 saturated heterocycles. The summed E-state index contributed by atoms with van der Waals surface area (Å²) in [4.78, 5) is 24.2. The number of fused-ring (bicyclic) bond motifs is 1. The normalized spacial score (nSPS) is 11.1. The summed E-state index contributed by atoms with van der Waals surface area (Å²) in [5.74, 6) is -1.04. The standard InChI is InChI=1S/C23H17ClFN7O3/c1-12-10-31(11-26-12)18-6-4-14(8-20(18)35-2)27-22-29-23-28-17(21(33)34)9-19(32(23)30-22)13-3-5-16(25)15(24)7-13/h3-11H,1-2H3,(H,27,30)(H,33,34). The maximum atomic E-state index is 13.7. The number of methoxy groups -OCH3 is 1. The van der Waals surface area contributed by atoms with Gasteiger partial charge in [0.25, 0.3) is 5.78 Å². The SMILES string of the molecule is COc1cc(Nc2nc3nc(C(=O)O)cc(-c4ccc(F)c(Cl)c4)n3n2)ccc1-n1cnc(C)c1. The van der Waals surface area contributed by atoms with E-state index in [4.69, 9.17) is 16.3 Å². The predicted molar refractivity (Wildman–Crippen MR) is 126 cm³/mol. The molecule has 0 fully saturated rings. The van der Waals surface area contributed by atoms with Gasteiger partial charge in [-0.15, -0.1) is 5.10 Å². The van der Waals surface area contributed by atoms with Crippen molar-refractivity contribution in [3.05, 3.63) is 77.2 Å². The highest BCUT2D eigenvalue weighted by Gasteiger charge is 2.17. The molecule has 12 heteroatoms. The number of halogens is 2. The first kappa shape index (κ1) is 22.3. The fraction of sp³-hybridized carbons (Fsp3) is 0.0870. The summed E-state index contributed by atoms with van der Waals surface area (Å²) >= 11 is 5.93. The summed E-state index contributed by atoms with van der Waals surface area (Å²) in [6.45, 7) is 1.89. The number of nitrogens with zero attached hydrogens (tertiary/aromatic N) is 6. The minimum absolute atomic E-state index is 0.0420. The summed E-state index contributed by atoms with van der Waals surface area (Å²) < 4.78 is 22.4. The predicted octanol–water partition coefficient (Wildman–Crippen LogP) is 4.53. The van der Waals surface area contributed by atoms with E-state index in [1.807, 2.05) is 29.8 Å². The van der Waals surface area contributed by atoms with Crippen LogP contribution in [0.2, 0.25) is 5.02 Å². The molecule has 10 nitrogen and oxygen atoms in total. The third-order valence-corrected chi connectivity index (χ3v) is 5.46. The lowest BCUT2D eigenvalue weighted by Gasteiger charge is -2.11. The highest BCUT2D eigenvalue weighted by molar-refractivity contribution is 6.31. The molecule has 0 aliphatic rings.